The summed E-state index contributed by atoms with van der Waals surface area (Å²) in [5.74, 6) is -0.745. The lowest BCUT2D eigenvalue weighted by molar-refractivity contribution is -0.142. The summed E-state index contributed by atoms with van der Waals surface area (Å²) in [4.78, 5) is 26.8. The molecule has 6 heteroatoms. The molecular weight excluding hydrogens is 294 g/mol. The smallest absolute Gasteiger partial charge is 0.357 e. The fourth-order valence-corrected chi connectivity index (χ4v) is 2.71. The number of aromatic nitrogens is 2. The fourth-order valence-electron chi connectivity index (χ4n) is 2.71. The molecule has 1 saturated heterocycles. The van der Waals surface area contributed by atoms with Gasteiger partial charge in [-0.2, -0.15) is 5.10 Å². The van der Waals surface area contributed by atoms with E-state index in [0.717, 1.165) is 19.3 Å². The summed E-state index contributed by atoms with van der Waals surface area (Å²) >= 11 is 0. The first kappa shape index (κ1) is 15.3. The van der Waals surface area contributed by atoms with Crippen molar-refractivity contribution in [1.29, 1.82) is 0 Å². The number of carbonyl (C=O) groups is 2. The lowest BCUT2D eigenvalue weighted by Crippen LogP contribution is -2.40. The molecule has 0 radical (unpaired) electrons. The Balaban J connectivity index is 1.81. The molecule has 0 spiro atoms. The summed E-state index contributed by atoms with van der Waals surface area (Å²) in [6, 6.07) is 10.6. The number of hydrogen-bond acceptors (Lipinski definition) is 4. The van der Waals surface area contributed by atoms with E-state index >= 15 is 0 Å². The van der Waals surface area contributed by atoms with E-state index in [2.05, 4.69) is 10.2 Å². The molecule has 1 aromatic carbocycles. The number of rotatable bonds is 4. The Hall–Kier alpha value is -2.63. The number of carbonyl (C=O) groups excluding carboxylic acids is 2. The predicted molar refractivity (Wildman–Crippen MR) is 83.6 cm³/mol. The van der Waals surface area contributed by atoms with Crippen LogP contribution < -0.4 is 0 Å². The molecule has 1 aliphatic rings. The van der Waals surface area contributed by atoms with E-state index in [9.17, 15) is 9.59 Å². The van der Waals surface area contributed by atoms with Gasteiger partial charge in [-0.1, -0.05) is 30.3 Å². The molecule has 1 atom stereocenters. The number of likely N-dealkylation sites (tertiary alicyclic amines) is 1. The molecule has 0 saturated carbocycles. The number of nitrogens with one attached hydrogen (secondary N) is 1. The zero-order valence-corrected chi connectivity index (χ0v) is 12.8. The van der Waals surface area contributed by atoms with Gasteiger partial charge in [-0.3, -0.25) is 9.89 Å². The minimum absolute atomic E-state index is 0.163. The first-order valence-electron chi connectivity index (χ1n) is 7.80. The number of piperidine rings is 1. The first-order valence-corrected chi connectivity index (χ1v) is 7.80. The molecule has 1 aliphatic heterocycles. The van der Waals surface area contributed by atoms with Gasteiger partial charge in [0.05, 0.1) is 0 Å². The minimum Gasteiger partial charge on any atom is -0.443 e. The highest BCUT2D eigenvalue weighted by Crippen LogP contribution is 2.23. The maximum Gasteiger partial charge on any atom is 0.357 e. The van der Waals surface area contributed by atoms with Crippen molar-refractivity contribution in [2.75, 3.05) is 13.1 Å². The van der Waals surface area contributed by atoms with Crippen molar-refractivity contribution in [3.05, 3.63) is 53.9 Å². The van der Waals surface area contributed by atoms with Crippen molar-refractivity contribution in [1.82, 2.24) is 15.1 Å². The summed E-state index contributed by atoms with van der Waals surface area (Å²) in [6.07, 6.45) is 3.66. The molecule has 1 N–H and O–H groups in total. The third kappa shape index (κ3) is 3.59. The molecule has 1 amide bonds. The summed E-state index contributed by atoms with van der Waals surface area (Å²) in [6.45, 7) is 1.42. The monoisotopic (exact) mass is 313 g/mol. The van der Waals surface area contributed by atoms with E-state index in [1.807, 2.05) is 18.2 Å². The average Bonchev–Trinajstić information content (AvgIpc) is 3.15. The van der Waals surface area contributed by atoms with Crippen molar-refractivity contribution in [2.24, 2.45) is 0 Å². The average molecular weight is 313 g/mol. The third-order valence-corrected chi connectivity index (χ3v) is 3.94. The van der Waals surface area contributed by atoms with Gasteiger partial charge in [0.2, 0.25) is 6.10 Å². The zero-order valence-electron chi connectivity index (χ0n) is 12.8. The second-order valence-corrected chi connectivity index (χ2v) is 5.55. The molecule has 2 aromatic rings. The third-order valence-electron chi connectivity index (χ3n) is 3.94. The van der Waals surface area contributed by atoms with Gasteiger partial charge < -0.3 is 9.64 Å². The molecule has 1 unspecified atom stereocenters. The first-order chi connectivity index (χ1) is 11.3. The number of nitrogens with zero attached hydrogens (tertiary/aromatic N) is 2. The maximum absolute atomic E-state index is 12.8. The van der Waals surface area contributed by atoms with Crippen LogP contribution in [0, 0.1) is 0 Å². The highest BCUT2D eigenvalue weighted by Gasteiger charge is 2.30. The predicted octanol–water partition coefficient (Wildman–Crippen LogP) is 2.32. The Morgan fingerprint density at radius 1 is 1.09 bits per heavy atom. The van der Waals surface area contributed by atoms with Crippen LogP contribution in [0.2, 0.25) is 0 Å². The summed E-state index contributed by atoms with van der Waals surface area (Å²) in [5.41, 5.74) is 0.910. The van der Waals surface area contributed by atoms with Crippen LogP contribution in [0.4, 0.5) is 0 Å². The zero-order chi connectivity index (χ0) is 16.1. The van der Waals surface area contributed by atoms with Crippen LogP contribution in [-0.2, 0) is 9.53 Å². The van der Waals surface area contributed by atoms with Gasteiger partial charge in [-0.05, 0) is 25.3 Å². The van der Waals surface area contributed by atoms with Gasteiger partial charge in [0, 0.05) is 24.8 Å². The van der Waals surface area contributed by atoms with Gasteiger partial charge >= 0.3 is 5.97 Å². The normalized spacial score (nSPS) is 15.9. The van der Waals surface area contributed by atoms with E-state index in [1.54, 1.807) is 17.0 Å². The molecule has 120 valence electrons. The molecule has 23 heavy (non-hydrogen) atoms. The number of aromatic amines is 1. The molecule has 0 aliphatic carbocycles. The van der Waals surface area contributed by atoms with Crippen molar-refractivity contribution in [3.63, 3.8) is 0 Å². The molecular formula is C17H19N3O3. The van der Waals surface area contributed by atoms with Crippen molar-refractivity contribution in [3.8, 4) is 0 Å². The van der Waals surface area contributed by atoms with Crippen LogP contribution in [-0.4, -0.2) is 40.1 Å². The van der Waals surface area contributed by atoms with Crippen LogP contribution in [0.3, 0.4) is 0 Å². The van der Waals surface area contributed by atoms with Gasteiger partial charge in [-0.25, -0.2) is 4.79 Å². The molecule has 1 aromatic heterocycles. The Labute approximate surface area is 134 Å². The largest absolute Gasteiger partial charge is 0.443 e. The van der Waals surface area contributed by atoms with Crippen molar-refractivity contribution >= 4 is 11.9 Å². The quantitative estimate of drug-likeness (QED) is 0.879. The van der Waals surface area contributed by atoms with Gasteiger partial charge in [0.15, 0.2) is 0 Å². The van der Waals surface area contributed by atoms with Crippen molar-refractivity contribution < 1.29 is 14.3 Å². The molecule has 3 rings (SSSR count). The minimum atomic E-state index is -0.926. The van der Waals surface area contributed by atoms with Crippen LogP contribution in [0.25, 0.3) is 0 Å². The second kappa shape index (κ2) is 7.09. The van der Waals surface area contributed by atoms with E-state index in [4.69, 9.17) is 4.74 Å². The lowest BCUT2D eigenvalue weighted by Gasteiger charge is -2.30. The van der Waals surface area contributed by atoms with Crippen LogP contribution in [0.15, 0.2) is 42.6 Å². The van der Waals surface area contributed by atoms with Crippen molar-refractivity contribution in [2.45, 2.75) is 25.4 Å². The van der Waals surface area contributed by atoms with Crippen LogP contribution >= 0.6 is 0 Å². The molecule has 2 heterocycles. The van der Waals surface area contributed by atoms with E-state index in [-0.39, 0.29) is 11.6 Å². The highest BCUT2D eigenvalue weighted by molar-refractivity contribution is 5.91. The number of hydrogen-bond donors (Lipinski definition) is 1. The number of H-pyrrole nitrogens is 1. The van der Waals surface area contributed by atoms with E-state index in [0.29, 0.717) is 18.7 Å². The number of esters is 1. The lowest BCUT2D eigenvalue weighted by atomic mass is 10.1. The molecule has 1 fully saturated rings. The summed E-state index contributed by atoms with van der Waals surface area (Å²) < 4.78 is 5.49. The Morgan fingerprint density at radius 2 is 1.83 bits per heavy atom. The van der Waals surface area contributed by atoms with Crippen LogP contribution in [0.1, 0.15) is 41.4 Å². The number of ether oxygens (including phenoxy) is 1. The van der Waals surface area contributed by atoms with E-state index < -0.39 is 12.1 Å². The molecule has 0 bridgehead atoms. The van der Waals surface area contributed by atoms with Gasteiger partial charge in [0.1, 0.15) is 5.69 Å². The Kier molecular flexibility index (Phi) is 4.71. The Morgan fingerprint density at radius 3 is 2.48 bits per heavy atom. The highest BCUT2D eigenvalue weighted by atomic mass is 16.5. The summed E-state index contributed by atoms with van der Waals surface area (Å²) in [5, 5.41) is 6.30. The standard InChI is InChI=1S/C17H19N3O3/c21-16(20-11-5-2-6-12-20)15(13-7-3-1-4-8-13)23-17(22)14-9-10-18-19-14/h1,3-4,7-10,15H,2,5-6,11-12H2,(H,18,19). The van der Waals surface area contributed by atoms with Crippen LogP contribution in [0.5, 0.6) is 0 Å². The topological polar surface area (TPSA) is 75.3 Å². The second-order valence-electron chi connectivity index (χ2n) is 5.55. The maximum atomic E-state index is 12.8. The SMILES string of the molecule is O=C(OC(C(=O)N1CCCCC1)c1ccccc1)c1ccn[nH]1. The number of benzene rings is 1. The Bertz CT molecular complexity index is 649. The van der Waals surface area contributed by atoms with Gasteiger partial charge in [0.25, 0.3) is 5.91 Å². The number of amides is 1. The summed E-state index contributed by atoms with van der Waals surface area (Å²) in [7, 11) is 0. The van der Waals surface area contributed by atoms with E-state index in [1.165, 1.54) is 12.3 Å². The fraction of sp³-hybridized carbons (Fsp3) is 0.353. The molecule has 6 nitrogen and oxygen atoms in total. The van der Waals surface area contributed by atoms with Gasteiger partial charge in [-0.15, -0.1) is 0 Å².